The number of nitrogens with zero attached hydrogens (tertiary/aromatic N) is 2. The first-order valence-corrected chi connectivity index (χ1v) is 11.2. The molecule has 2 aromatic carbocycles. The second kappa shape index (κ2) is 8.33. The Balaban J connectivity index is 1.37. The first-order chi connectivity index (χ1) is 13.9. The van der Waals surface area contributed by atoms with Crippen LogP contribution in [0.5, 0.6) is 5.75 Å². The average Bonchev–Trinajstić information content (AvgIpc) is 3.16. The van der Waals surface area contributed by atoms with Crippen molar-refractivity contribution >= 4 is 39.1 Å². The first kappa shape index (κ1) is 20.2. The molecule has 0 radical (unpaired) electrons. The number of carbonyl (C=O) groups excluding carboxylic acids is 1. The molecule has 0 saturated carbocycles. The first-order valence-electron chi connectivity index (χ1n) is 10.00. The summed E-state index contributed by atoms with van der Waals surface area (Å²) in [6.45, 7) is 7.20. The SMILES string of the molecule is Cc1cc(O[C@@H](C)C(=O)N2CCC(c3nc4ccccc4s3)CC2)cc(C)c1Cl. The van der Waals surface area contributed by atoms with Gasteiger partial charge in [0.15, 0.2) is 6.10 Å². The van der Waals surface area contributed by atoms with Crippen LogP contribution in [0.4, 0.5) is 0 Å². The number of para-hydroxylation sites is 1. The molecule has 1 aliphatic rings. The van der Waals surface area contributed by atoms with E-state index < -0.39 is 6.10 Å². The standard InChI is InChI=1S/C23H25ClN2O2S/c1-14-12-18(13-15(2)21(14)24)28-16(3)23(27)26-10-8-17(9-11-26)22-25-19-6-4-5-7-20(19)29-22/h4-7,12-13,16-17H,8-11H2,1-3H3/t16-/m0/s1. The van der Waals surface area contributed by atoms with Crippen molar-refractivity contribution in [2.24, 2.45) is 0 Å². The van der Waals surface area contributed by atoms with Crippen LogP contribution >= 0.6 is 22.9 Å². The highest BCUT2D eigenvalue weighted by Crippen LogP contribution is 2.34. The van der Waals surface area contributed by atoms with Gasteiger partial charge in [0.25, 0.3) is 5.91 Å². The molecule has 4 nitrogen and oxygen atoms in total. The number of hydrogen-bond donors (Lipinski definition) is 0. The summed E-state index contributed by atoms with van der Waals surface area (Å²) >= 11 is 8.00. The number of aryl methyl sites for hydroxylation is 2. The Labute approximate surface area is 180 Å². The predicted octanol–water partition coefficient (Wildman–Crippen LogP) is 5.74. The minimum absolute atomic E-state index is 0.0398. The van der Waals surface area contributed by atoms with Crippen LogP contribution in [0.3, 0.4) is 0 Å². The van der Waals surface area contributed by atoms with E-state index in [2.05, 4.69) is 18.2 Å². The number of rotatable bonds is 4. The van der Waals surface area contributed by atoms with Gasteiger partial charge < -0.3 is 9.64 Å². The molecule has 1 aromatic heterocycles. The highest BCUT2D eigenvalue weighted by Gasteiger charge is 2.29. The molecule has 0 spiro atoms. The van der Waals surface area contributed by atoms with E-state index in [1.807, 2.05) is 43.9 Å². The summed E-state index contributed by atoms with van der Waals surface area (Å²) in [5.41, 5.74) is 2.98. The van der Waals surface area contributed by atoms with Gasteiger partial charge in [0.05, 0.1) is 15.2 Å². The fourth-order valence-electron chi connectivity index (χ4n) is 3.90. The molecule has 0 N–H and O–H groups in total. The third-order valence-corrected chi connectivity index (χ3v) is 7.33. The van der Waals surface area contributed by atoms with Gasteiger partial charge >= 0.3 is 0 Å². The number of carbonyl (C=O) groups is 1. The maximum atomic E-state index is 12.9. The van der Waals surface area contributed by atoms with E-state index in [-0.39, 0.29) is 5.91 Å². The number of amides is 1. The molecule has 1 fully saturated rings. The minimum Gasteiger partial charge on any atom is -0.481 e. The number of likely N-dealkylation sites (tertiary alicyclic amines) is 1. The molecule has 152 valence electrons. The molecule has 29 heavy (non-hydrogen) atoms. The molecule has 3 aromatic rings. The zero-order chi connectivity index (χ0) is 20.5. The molecule has 6 heteroatoms. The molecule has 1 amide bonds. The van der Waals surface area contributed by atoms with Crippen molar-refractivity contribution in [1.82, 2.24) is 9.88 Å². The normalized spacial score (nSPS) is 16.2. The van der Waals surface area contributed by atoms with E-state index in [9.17, 15) is 4.79 Å². The van der Waals surface area contributed by atoms with E-state index in [1.54, 1.807) is 11.3 Å². The molecule has 0 bridgehead atoms. The third kappa shape index (κ3) is 4.26. The van der Waals surface area contributed by atoms with E-state index in [4.69, 9.17) is 21.3 Å². The summed E-state index contributed by atoms with van der Waals surface area (Å²) in [4.78, 5) is 19.6. The van der Waals surface area contributed by atoms with Gasteiger partial charge in [0, 0.05) is 24.0 Å². The summed E-state index contributed by atoms with van der Waals surface area (Å²) in [5.74, 6) is 1.15. The fourth-order valence-corrected chi connectivity index (χ4v) is 5.14. The van der Waals surface area contributed by atoms with Crippen molar-refractivity contribution in [3.05, 3.63) is 57.6 Å². The van der Waals surface area contributed by atoms with Gasteiger partial charge in [-0.3, -0.25) is 4.79 Å². The lowest BCUT2D eigenvalue weighted by Gasteiger charge is -2.32. The molecule has 1 saturated heterocycles. The molecule has 2 heterocycles. The van der Waals surface area contributed by atoms with Crippen LogP contribution in [0.25, 0.3) is 10.2 Å². The lowest BCUT2D eigenvalue weighted by molar-refractivity contribution is -0.139. The monoisotopic (exact) mass is 428 g/mol. The largest absolute Gasteiger partial charge is 0.481 e. The highest BCUT2D eigenvalue weighted by molar-refractivity contribution is 7.18. The zero-order valence-corrected chi connectivity index (χ0v) is 18.5. The summed E-state index contributed by atoms with van der Waals surface area (Å²) < 4.78 is 7.17. The van der Waals surface area contributed by atoms with Crippen LogP contribution in [-0.2, 0) is 4.79 Å². The third-order valence-electron chi connectivity index (χ3n) is 5.54. The van der Waals surface area contributed by atoms with Gasteiger partial charge in [-0.1, -0.05) is 23.7 Å². The van der Waals surface area contributed by atoms with E-state index in [1.165, 1.54) is 9.71 Å². The minimum atomic E-state index is -0.519. The molecule has 1 atom stereocenters. The smallest absolute Gasteiger partial charge is 0.263 e. The van der Waals surface area contributed by atoms with Crippen LogP contribution < -0.4 is 4.74 Å². The van der Waals surface area contributed by atoms with Crippen LogP contribution in [-0.4, -0.2) is 35.0 Å². The number of piperidine rings is 1. The molecule has 0 unspecified atom stereocenters. The van der Waals surface area contributed by atoms with Crippen LogP contribution in [0.2, 0.25) is 5.02 Å². The summed E-state index contributed by atoms with van der Waals surface area (Å²) in [5, 5.41) is 1.93. The molecular weight excluding hydrogens is 404 g/mol. The Hall–Kier alpha value is -2.11. The number of aromatic nitrogens is 1. The van der Waals surface area contributed by atoms with Gasteiger partial charge in [-0.25, -0.2) is 4.98 Å². The summed E-state index contributed by atoms with van der Waals surface area (Å²) in [6.07, 6.45) is 1.36. The maximum Gasteiger partial charge on any atom is 0.263 e. The van der Waals surface area contributed by atoms with Gasteiger partial charge in [-0.2, -0.15) is 0 Å². The maximum absolute atomic E-state index is 12.9. The predicted molar refractivity (Wildman–Crippen MR) is 119 cm³/mol. The molecule has 0 aliphatic carbocycles. The van der Waals surface area contributed by atoms with Crippen molar-refractivity contribution in [3.8, 4) is 5.75 Å². The number of halogens is 1. The number of fused-ring (bicyclic) bond motifs is 1. The zero-order valence-electron chi connectivity index (χ0n) is 16.9. The van der Waals surface area contributed by atoms with Crippen LogP contribution in [0.1, 0.15) is 41.8 Å². The van der Waals surface area contributed by atoms with E-state index >= 15 is 0 Å². The van der Waals surface area contributed by atoms with Gasteiger partial charge in [-0.15, -0.1) is 11.3 Å². The van der Waals surface area contributed by atoms with Crippen molar-refractivity contribution < 1.29 is 9.53 Å². The van der Waals surface area contributed by atoms with Crippen molar-refractivity contribution in [2.45, 2.75) is 45.6 Å². The molecule has 4 rings (SSSR count). The number of hydrogen-bond acceptors (Lipinski definition) is 4. The Morgan fingerprint density at radius 1 is 1.21 bits per heavy atom. The van der Waals surface area contributed by atoms with Crippen LogP contribution in [0.15, 0.2) is 36.4 Å². The Morgan fingerprint density at radius 2 is 1.86 bits per heavy atom. The second-order valence-corrected chi connectivity index (χ2v) is 9.19. The lowest BCUT2D eigenvalue weighted by atomic mass is 9.97. The van der Waals surface area contributed by atoms with Gasteiger partial charge in [0.2, 0.25) is 0 Å². The molecular formula is C23H25ClN2O2S. The number of thiazole rings is 1. The average molecular weight is 429 g/mol. The Morgan fingerprint density at radius 3 is 2.52 bits per heavy atom. The molecule has 1 aliphatic heterocycles. The Bertz CT molecular complexity index is 984. The van der Waals surface area contributed by atoms with Crippen molar-refractivity contribution in [2.75, 3.05) is 13.1 Å². The van der Waals surface area contributed by atoms with Crippen molar-refractivity contribution in [1.29, 1.82) is 0 Å². The lowest BCUT2D eigenvalue weighted by Crippen LogP contribution is -2.44. The highest BCUT2D eigenvalue weighted by atomic mass is 35.5. The topological polar surface area (TPSA) is 42.4 Å². The van der Waals surface area contributed by atoms with Gasteiger partial charge in [-0.05, 0) is 69.0 Å². The van der Waals surface area contributed by atoms with E-state index in [0.717, 1.165) is 47.6 Å². The summed E-state index contributed by atoms with van der Waals surface area (Å²) in [7, 11) is 0. The van der Waals surface area contributed by atoms with Crippen molar-refractivity contribution in [3.63, 3.8) is 0 Å². The summed E-state index contributed by atoms with van der Waals surface area (Å²) in [6, 6.07) is 12.0. The quantitative estimate of drug-likeness (QED) is 0.532. The van der Waals surface area contributed by atoms with E-state index in [0.29, 0.717) is 11.7 Å². The Kier molecular flexibility index (Phi) is 5.79. The van der Waals surface area contributed by atoms with Gasteiger partial charge in [0.1, 0.15) is 5.75 Å². The number of benzene rings is 2. The fraction of sp³-hybridized carbons (Fsp3) is 0.391. The van der Waals surface area contributed by atoms with Crippen LogP contribution in [0, 0.1) is 13.8 Å². The second-order valence-electron chi connectivity index (χ2n) is 7.75. The number of ether oxygens (including phenoxy) is 1.